The molecule has 0 aromatic heterocycles. The van der Waals surface area contributed by atoms with Crippen LogP contribution in [-0.4, -0.2) is 18.1 Å². The SMILES string of the molecule is C=C(Nc1c(C)cc(C)c(C(=O)P(=O)(Cc2ccccc2)c2ccccc2)c1C)C(=O)OCC. The van der Waals surface area contributed by atoms with Crippen molar-refractivity contribution < 1.29 is 18.9 Å². The first-order valence-electron chi connectivity index (χ1n) is 11.2. The van der Waals surface area contributed by atoms with Crippen LogP contribution in [0.5, 0.6) is 0 Å². The van der Waals surface area contributed by atoms with Gasteiger partial charge >= 0.3 is 5.97 Å². The van der Waals surface area contributed by atoms with Crippen molar-refractivity contribution in [3.05, 3.63) is 107 Å². The van der Waals surface area contributed by atoms with Gasteiger partial charge in [0.05, 0.1) is 6.61 Å². The van der Waals surface area contributed by atoms with Crippen molar-refractivity contribution in [2.45, 2.75) is 33.9 Å². The molecule has 0 radical (unpaired) electrons. The molecule has 0 saturated heterocycles. The molecule has 176 valence electrons. The van der Waals surface area contributed by atoms with Crippen LogP contribution in [0.4, 0.5) is 5.69 Å². The van der Waals surface area contributed by atoms with Gasteiger partial charge in [0.15, 0.2) is 7.14 Å². The molecule has 3 aromatic rings. The van der Waals surface area contributed by atoms with Crippen molar-refractivity contribution in [2.24, 2.45) is 0 Å². The Labute approximate surface area is 201 Å². The Balaban J connectivity index is 2.12. The number of carbonyl (C=O) groups excluding carboxylic acids is 2. The number of nitrogens with one attached hydrogen (secondary N) is 1. The lowest BCUT2D eigenvalue weighted by Crippen LogP contribution is -2.19. The molecule has 1 atom stereocenters. The van der Waals surface area contributed by atoms with E-state index >= 15 is 0 Å². The third-order valence-corrected chi connectivity index (χ3v) is 8.56. The highest BCUT2D eigenvalue weighted by Crippen LogP contribution is 2.52. The summed E-state index contributed by atoms with van der Waals surface area (Å²) < 4.78 is 19.6. The summed E-state index contributed by atoms with van der Waals surface area (Å²) in [6.45, 7) is 11.3. The van der Waals surface area contributed by atoms with Gasteiger partial charge in [0, 0.05) is 22.7 Å². The number of hydrogen-bond donors (Lipinski definition) is 1. The van der Waals surface area contributed by atoms with Gasteiger partial charge in [-0.15, -0.1) is 0 Å². The van der Waals surface area contributed by atoms with Crippen molar-refractivity contribution >= 4 is 29.6 Å². The van der Waals surface area contributed by atoms with Gasteiger partial charge in [0.1, 0.15) is 5.70 Å². The molecule has 0 spiro atoms. The highest BCUT2D eigenvalue weighted by molar-refractivity contribution is 7.86. The molecule has 1 unspecified atom stereocenters. The van der Waals surface area contributed by atoms with Gasteiger partial charge in [-0.2, -0.15) is 0 Å². The number of ether oxygens (including phenoxy) is 1. The van der Waals surface area contributed by atoms with Crippen molar-refractivity contribution in [1.29, 1.82) is 0 Å². The minimum absolute atomic E-state index is 0.0748. The lowest BCUT2D eigenvalue weighted by Gasteiger charge is -2.23. The second-order valence-electron chi connectivity index (χ2n) is 8.23. The molecule has 0 amide bonds. The first kappa shape index (κ1) is 25.2. The second-order valence-corrected chi connectivity index (χ2v) is 11.0. The van der Waals surface area contributed by atoms with Crippen LogP contribution in [0.25, 0.3) is 0 Å². The number of aryl methyl sites for hydroxylation is 2. The summed E-state index contributed by atoms with van der Waals surface area (Å²) >= 11 is 0. The maximum Gasteiger partial charge on any atom is 0.354 e. The fourth-order valence-corrected chi connectivity index (χ4v) is 6.74. The van der Waals surface area contributed by atoms with E-state index in [-0.39, 0.29) is 18.5 Å². The van der Waals surface area contributed by atoms with Gasteiger partial charge in [-0.1, -0.05) is 73.3 Å². The Hall–Kier alpha value is -3.43. The van der Waals surface area contributed by atoms with Crippen LogP contribution in [0.2, 0.25) is 0 Å². The molecule has 6 heteroatoms. The van der Waals surface area contributed by atoms with Gasteiger partial charge in [0.2, 0.25) is 5.52 Å². The highest BCUT2D eigenvalue weighted by Gasteiger charge is 2.37. The summed E-state index contributed by atoms with van der Waals surface area (Å²) in [5.74, 6) is -0.561. The van der Waals surface area contributed by atoms with E-state index in [2.05, 4.69) is 11.9 Å². The summed E-state index contributed by atoms with van der Waals surface area (Å²) in [6.07, 6.45) is 0.127. The Morgan fingerprint density at radius 2 is 1.53 bits per heavy atom. The van der Waals surface area contributed by atoms with E-state index in [1.54, 1.807) is 38.1 Å². The van der Waals surface area contributed by atoms with Gasteiger partial charge in [0.25, 0.3) is 0 Å². The third kappa shape index (κ3) is 5.21. The molecule has 0 saturated carbocycles. The monoisotopic (exact) mass is 475 g/mol. The zero-order valence-electron chi connectivity index (χ0n) is 20.1. The van der Waals surface area contributed by atoms with Gasteiger partial charge in [-0.05, 0) is 49.9 Å². The summed E-state index contributed by atoms with van der Waals surface area (Å²) in [5, 5.41) is 3.54. The van der Waals surface area contributed by atoms with E-state index < -0.39 is 18.6 Å². The Kier molecular flexibility index (Phi) is 7.90. The van der Waals surface area contributed by atoms with Gasteiger partial charge in [-0.3, -0.25) is 4.79 Å². The first-order chi connectivity index (χ1) is 16.2. The predicted octanol–water partition coefficient (Wildman–Crippen LogP) is 6.13. The summed E-state index contributed by atoms with van der Waals surface area (Å²) in [5.41, 5.74) is 3.69. The minimum Gasteiger partial charge on any atom is -0.461 e. The molecule has 0 heterocycles. The maximum atomic E-state index is 14.5. The van der Waals surface area contributed by atoms with Crippen LogP contribution in [0.1, 0.15) is 39.5 Å². The number of rotatable bonds is 9. The van der Waals surface area contributed by atoms with E-state index in [4.69, 9.17) is 4.74 Å². The summed E-state index contributed by atoms with van der Waals surface area (Å²) in [4.78, 5) is 26.2. The smallest absolute Gasteiger partial charge is 0.354 e. The average Bonchev–Trinajstić information content (AvgIpc) is 2.82. The fourth-order valence-electron chi connectivity index (χ4n) is 4.10. The number of anilines is 1. The van der Waals surface area contributed by atoms with Gasteiger partial charge < -0.3 is 14.6 Å². The second kappa shape index (κ2) is 10.7. The van der Waals surface area contributed by atoms with E-state index in [1.165, 1.54) is 0 Å². The molecule has 0 fully saturated rings. The molecule has 3 aromatic carbocycles. The maximum absolute atomic E-state index is 14.5. The fraction of sp³-hybridized carbons (Fsp3) is 0.214. The Morgan fingerprint density at radius 1 is 0.941 bits per heavy atom. The van der Waals surface area contributed by atoms with Crippen molar-refractivity contribution in [2.75, 3.05) is 11.9 Å². The largest absolute Gasteiger partial charge is 0.461 e. The van der Waals surface area contributed by atoms with Crippen LogP contribution in [-0.2, 0) is 20.3 Å². The normalized spacial score (nSPS) is 12.5. The van der Waals surface area contributed by atoms with E-state index in [1.807, 2.05) is 56.3 Å². The summed E-state index contributed by atoms with van der Waals surface area (Å²) in [7, 11) is -3.54. The van der Waals surface area contributed by atoms with Crippen molar-refractivity contribution in [1.82, 2.24) is 0 Å². The van der Waals surface area contributed by atoms with Crippen molar-refractivity contribution in [3.8, 4) is 0 Å². The van der Waals surface area contributed by atoms with E-state index in [0.717, 1.165) is 16.7 Å². The van der Waals surface area contributed by atoms with E-state index in [0.29, 0.717) is 22.1 Å². The molecular weight excluding hydrogens is 445 g/mol. The quantitative estimate of drug-likeness (QED) is 0.229. The predicted molar refractivity (Wildman–Crippen MR) is 138 cm³/mol. The molecule has 5 nitrogen and oxygen atoms in total. The molecule has 0 aliphatic rings. The highest BCUT2D eigenvalue weighted by atomic mass is 31.2. The molecule has 34 heavy (non-hydrogen) atoms. The number of esters is 1. The first-order valence-corrected chi connectivity index (χ1v) is 13.1. The Bertz CT molecular complexity index is 1270. The van der Waals surface area contributed by atoms with Crippen LogP contribution in [0, 0.1) is 20.8 Å². The van der Waals surface area contributed by atoms with Crippen LogP contribution >= 0.6 is 7.14 Å². The zero-order valence-corrected chi connectivity index (χ0v) is 20.9. The van der Waals surface area contributed by atoms with Crippen LogP contribution < -0.4 is 10.6 Å². The van der Waals surface area contributed by atoms with E-state index in [9.17, 15) is 14.2 Å². The number of carbonyl (C=O) groups is 2. The number of hydrogen-bond acceptors (Lipinski definition) is 5. The third-order valence-electron chi connectivity index (χ3n) is 5.73. The molecular formula is C28H30NO4P. The standard InChI is InChI=1S/C28H30NO4P/c1-6-33-27(30)22(5)29-26-20(3)17-19(2)25(21(26)4)28(31)34(32,24-15-11-8-12-16-24)18-23-13-9-7-10-14-23/h7-17,29H,5-6,18H2,1-4H3. The van der Waals surface area contributed by atoms with Gasteiger partial charge in [-0.25, -0.2) is 4.79 Å². The summed E-state index contributed by atoms with van der Waals surface area (Å²) in [6, 6.07) is 20.2. The molecule has 3 rings (SSSR count). The molecule has 0 bridgehead atoms. The lowest BCUT2D eigenvalue weighted by atomic mass is 9.98. The van der Waals surface area contributed by atoms with Crippen LogP contribution in [0.3, 0.4) is 0 Å². The lowest BCUT2D eigenvalue weighted by molar-refractivity contribution is -0.138. The topological polar surface area (TPSA) is 72.5 Å². The molecule has 0 aliphatic heterocycles. The van der Waals surface area contributed by atoms with Crippen LogP contribution in [0.15, 0.2) is 79.0 Å². The molecule has 1 N–H and O–H groups in total. The minimum atomic E-state index is -3.54. The molecule has 0 aliphatic carbocycles. The average molecular weight is 476 g/mol. The van der Waals surface area contributed by atoms with Crippen molar-refractivity contribution in [3.63, 3.8) is 0 Å². The zero-order chi connectivity index (χ0) is 24.9. The number of benzene rings is 3. The Morgan fingerprint density at radius 3 is 2.12 bits per heavy atom.